The number of ether oxygens (including phenoxy) is 1. The molecule has 0 unspecified atom stereocenters. The number of hydrogen-bond donors (Lipinski definition) is 3. The van der Waals surface area contributed by atoms with Crippen LogP contribution in [0.25, 0.3) is 0 Å². The zero-order chi connectivity index (χ0) is 12.9. The summed E-state index contributed by atoms with van der Waals surface area (Å²) in [7, 11) is 0. The van der Waals surface area contributed by atoms with Gasteiger partial charge in [-0.25, -0.2) is 0 Å². The second-order valence-electron chi connectivity index (χ2n) is 3.83. The summed E-state index contributed by atoms with van der Waals surface area (Å²) in [6.07, 6.45) is 0. The van der Waals surface area contributed by atoms with Crippen LogP contribution >= 0.6 is 23.2 Å². The second kappa shape index (κ2) is 3.86. The highest BCUT2D eigenvalue weighted by atomic mass is 35.5. The third-order valence-electron chi connectivity index (χ3n) is 2.59. The minimum atomic E-state index is -0.0705. The predicted octanol–water partition coefficient (Wildman–Crippen LogP) is 4.25. The molecule has 0 amide bonds. The molecule has 2 aromatic carbocycles. The molecule has 0 radical (unpaired) electrons. The van der Waals surface area contributed by atoms with E-state index in [4.69, 9.17) is 27.9 Å². The highest BCUT2D eigenvalue weighted by Crippen LogP contribution is 2.47. The summed E-state index contributed by atoms with van der Waals surface area (Å²) >= 11 is 11.6. The molecule has 1 aliphatic rings. The molecule has 3 rings (SSSR count). The van der Waals surface area contributed by atoms with E-state index >= 15 is 0 Å². The largest absolute Gasteiger partial charge is 0.506 e. The molecule has 0 saturated carbocycles. The van der Waals surface area contributed by atoms with Gasteiger partial charge in [-0.3, -0.25) is 0 Å². The zero-order valence-electron chi connectivity index (χ0n) is 8.87. The van der Waals surface area contributed by atoms with Crippen LogP contribution in [0.2, 0.25) is 10.0 Å². The summed E-state index contributed by atoms with van der Waals surface area (Å²) in [6, 6.07) is 5.91. The molecule has 1 aliphatic heterocycles. The smallest absolute Gasteiger partial charge is 0.154 e. The van der Waals surface area contributed by atoms with Gasteiger partial charge in [0, 0.05) is 12.1 Å². The van der Waals surface area contributed by atoms with Crippen molar-refractivity contribution in [3.8, 4) is 23.0 Å². The summed E-state index contributed by atoms with van der Waals surface area (Å²) in [4.78, 5) is 0. The number of aromatic hydroxyl groups is 2. The van der Waals surface area contributed by atoms with E-state index in [-0.39, 0.29) is 21.5 Å². The highest BCUT2D eigenvalue weighted by Gasteiger charge is 2.20. The molecule has 0 bridgehead atoms. The maximum atomic E-state index is 9.51. The van der Waals surface area contributed by atoms with E-state index in [1.54, 1.807) is 12.1 Å². The summed E-state index contributed by atoms with van der Waals surface area (Å²) in [6.45, 7) is 0. The molecule has 4 nitrogen and oxygen atoms in total. The average Bonchev–Trinajstić information content (AvgIpc) is 2.31. The van der Waals surface area contributed by atoms with E-state index in [1.165, 1.54) is 12.1 Å². The lowest BCUT2D eigenvalue weighted by Gasteiger charge is -2.22. The number of anilines is 2. The van der Waals surface area contributed by atoms with Crippen LogP contribution in [0.4, 0.5) is 11.4 Å². The molecule has 3 N–H and O–H groups in total. The third-order valence-corrected chi connectivity index (χ3v) is 3.19. The van der Waals surface area contributed by atoms with Crippen LogP contribution in [0.15, 0.2) is 24.3 Å². The summed E-state index contributed by atoms with van der Waals surface area (Å²) in [5.41, 5.74) is 1.24. The Hall–Kier alpha value is -1.78. The van der Waals surface area contributed by atoms with Crippen molar-refractivity contribution in [1.82, 2.24) is 0 Å². The van der Waals surface area contributed by atoms with Crippen molar-refractivity contribution >= 4 is 34.6 Å². The van der Waals surface area contributed by atoms with Crippen molar-refractivity contribution in [2.45, 2.75) is 0 Å². The summed E-state index contributed by atoms with van der Waals surface area (Å²) in [5.74, 6) is 0.704. The Bertz CT molecular complexity index is 547. The lowest BCUT2D eigenvalue weighted by atomic mass is 10.2. The molecule has 1 heterocycles. The SMILES string of the molecule is Oc1cc2c(cc1Cl)Nc1cc(Cl)c(O)cc1O2. The molecular weight excluding hydrogens is 277 g/mol. The number of hydrogen-bond acceptors (Lipinski definition) is 4. The number of nitrogens with one attached hydrogen (secondary N) is 1. The first-order valence-corrected chi connectivity index (χ1v) is 5.80. The maximum Gasteiger partial charge on any atom is 0.154 e. The predicted molar refractivity (Wildman–Crippen MR) is 69.6 cm³/mol. The summed E-state index contributed by atoms with van der Waals surface area (Å²) < 4.78 is 5.55. The molecule has 0 aliphatic carbocycles. The standard InChI is InChI=1S/C12H7Cl2NO3/c13-5-1-7-11(3-9(5)16)18-12-4-10(17)6(14)2-8(12)15-7/h1-4,15-17H. The summed E-state index contributed by atoms with van der Waals surface area (Å²) in [5, 5.41) is 22.5. The van der Waals surface area contributed by atoms with E-state index in [0.29, 0.717) is 22.9 Å². The number of halogens is 2. The van der Waals surface area contributed by atoms with Gasteiger partial charge in [-0.05, 0) is 12.1 Å². The van der Waals surface area contributed by atoms with E-state index in [1.807, 2.05) is 0 Å². The Morgan fingerprint density at radius 1 is 0.833 bits per heavy atom. The first-order valence-electron chi connectivity index (χ1n) is 5.04. The first kappa shape index (κ1) is 11.3. The van der Waals surface area contributed by atoms with Crippen LogP contribution < -0.4 is 10.1 Å². The van der Waals surface area contributed by atoms with Gasteiger partial charge < -0.3 is 20.3 Å². The molecule has 18 heavy (non-hydrogen) atoms. The molecule has 0 atom stereocenters. The number of phenolic OH excluding ortho intramolecular Hbond substituents is 2. The topological polar surface area (TPSA) is 61.7 Å². The molecule has 0 aromatic heterocycles. The number of fused-ring (bicyclic) bond motifs is 2. The quantitative estimate of drug-likeness (QED) is 0.540. The van der Waals surface area contributed by atoms with Gasteiger partial charge >= 0.3 is 0 Å². The molecular formula is C12H7Cl2NO3. The van der Waals surface area contributed by atoms with E-state index in [0.717, 1.165) is 0 Å². The fourth-order valence-electron chi connectivity index (χ4n) is 1.71. The fourth-order valence-corrected chi connectivity index (χ4v) is 2.04. The van der Waals surface area contributed by atoms with Gasteiger partial charge in [0.05, 0.1) is 21.4 Å². The highest BCUT2D eigenvalue weighted by molar-refractivity contribution is 6.33. The van der Waals surface area contributed by atoms with E-state index < -0.39 is 0 Å². The molecule has 0 saturated heterocycles. The molecule has 6 heteroatoms. The molecule has 2 aromatic rings. The van der Waals surface area contributed by atoms with Gasteiger partial charge in [0.25, 0.3) is 0 Å². The van der Waals surface area contributed by atoms with Crippen LogP contribution in [-0.2, 0) is 0 Å². The normalized spacial score (nSPS) is 12.1. The van der Waals surface area contributed by atoms with E-state index in [2.05, 4.69) is 5.32 Å². The van der Waals surface area contributed by atoms with Crippen molar-refractivity contribution in [1.29, 1.82) is 0 Å². The van der Waals surface area contributed by atoms with Gasteiger partial charge in [-0.2, -0.15) is 0 Å². The Balaban J connectivity index is 2.12. The molecule has 0 spiro atoms. The van der Waals surface area contributed by atoms with Crippen molar-refractivity contribution in [3.05, 3.63) is 34.3 Å². The van der Waals surface area contributed by atoms with Crippen LogP contribution in [0, 0.1) is 0 Å². The van der Waals surface area contributed by atoms with Crippen LogP contribution in [0.1, 0.15) is 0 Å². The van der Waals surface area contributed by atoms with Gasteiger partial charge in [-0.15, -0.1) is 0 Å². The number of phenols is 2. The Kier molecular flexibility index (Phi) is 2.43. The van der Waals surface area contributed by atoms with Crippen molar-refractivity contribution in [2.24, 2.45) is 0 Å². The van der Waals surface area contributed by atoms with Crippen molar-refractivity contribution in [2.75, 3.05) is 5.32 Å². The van der Waals surface area contributed by atoms with Crippen molar-refractivity contribution < 1.29 is 14.9 Å². The van der Waals surface area contributed by atoms with Gasteiger partial charge in [-0.1, -0.05) is 23.2 Å². The number of benzene rings is 2. The monoisotopic (exact) mass is 283 g/mol. The lowest BCUT2D eigenvalue weighted by Crippen LogP contribution is -2.02. The zero-order valence-corrected chi connectivity index (χ0v) is 10.4. The molecule has 92 valence electrons. The average molecular weight is 284 g/mol. The first-order chi connectivity index (χ1) is 8.54. The molecule has 0 fully saturated rings. The third kappa shape index (κ3) is 1.70. The minimum absolute atomic E-state index is 0.0705. The van der Waals surface area contributed by atoms with Gasteiger partial charge in [0.15, 0.2) is 11.5 Å². The Morgan fingerprint density at radius 2 is 1.28 bits per heavy atom. The second-order valence-corrected chi connectivity index (χ2v) is 4.64. The van der Waals surface area contributed by atoms with Crippen molar-refractivity contribution in [3.63, 3.8) is 0 Å². The number of rotatable bonds is 0. The van der Waals surface area contributed by atoms with Gasteiger partial charge in [0.1, 0.15) is 11.5 Å². The van der Waals surface area contributed by atoms with Gasteiger partial charge in [0.2, 0.25) is 0 Å². The minimum Gasteiger partial charge on any atom is -0.506 e. The van der Waals surface area contributed by atoms with Crippen LogP contribution in [0.5, 0.6) is 23.0 Å². The fraction of sp³-hybridized carbons (Fsp3) is 0. The van der Waals surface area contributed by atoms with Crippen LogP contribution in [-0.4, -0.2) is 10.2 Å². The van der Waals surface area contributed by atoms with Crippen LogP contribution in [0.3, 0.4) is 0 Å². The maximum absolute atomic E-state index is 9.51. The Morgan fingerprint density at radius 3 is 1.72 bits per heavy atom. The Labute approximate surface area is 112 Å². The lowest BCUT2D eigenvalue weighted by molar-refractivity contribution is 0.445. The van der Waals surface area contributed by atoms with E-state index in [9.17, 15) is 10.2 Å².